The molecule has 1 heterocycles. The van der Waals surface area contributed by atoms with E-state index in [-0.39, 0.29) is 0 Å². The van der Waals surface area contributed by atoms with Gasteiger partial charge in [-0.05, 0) is 56.2 Å². The summed E-state index contributed by atoms with van der Waals surface area (Å²) < 4.78 is 5.98. The summed E-state index contributed by atoms with van der Waals surface area (Å²) in [6.07, 6.45) is 7.95. The van der Waals surface area contributed by atoms with Crippen molar-refractivity contribution in [3.63, 3.8) is 0 Å². The van der Waals surface area contributed by atoms with Crippen LogP contribution < -0.4 is 0 Å². The molecule has 1 aliphatic carbocycles. The summed E-state index contributed by atoms with van der Waals surface area (Å²) >= 11 is 0. The summed E-state index contributed by atoms with van der Waals surface area (Å²) in [5.41, 5.74) is 3.14. The number of benzene rings is 1. The minimum Gasteiger partial charge on any atom is -0.377 e. The second kappa shape index (κ2) is 6.73. The van der Waals surface area contributed by atoms with Crippen molar-refractivity contribution in [2.24, 2.45) is 0 Å². The van der Waals surface area contributed by atoms with Crippen LogP contribution in [0.2, 0.25) is 0 Å². The number of likely N-dealkylation sites (tertiary alicyclic amines) is 1. The van der Waals surface area contributed by atoms with Gasteiger partial charge in [0.2, 0.25) is 0 Å². The van der Waals surface area contributed by atoms with Crippen LogP contribution in [-0.4, -0.2) is 36.7 Å². The quantitative estimate of drug-likeness (QED) is 0.833. The zero-order valence-corrected chi connectivity index (χ0v) is 12.7. The van der Waals surface area contributed by atoms with Crippen molar-refractivity contribution < 1.29 is 4.74 Å². The van der Waals surface area contributed by atoms with Crippen LogP contribution in [0.25, 0.3) is 0 Å². The summed E-state index contributed by atoms with van der Waals surface area (Å²) in [6.45, 7) is 5.52. The lowest BCUT2D eigenvalue weighted by Gasteiger charge is -2.40. The molecule has 2 aliphatic rings. The van der Waals surface area contributed by atoms with Crippen LogP contribution in [0.5, 0.6) is 0 Å². The van der Waals surface area contributed by atoms with E-state index in [4.69, 9.17) is 4.74 Å². The van der Waals surface area contributed by atoms with Crippen LogP contribution in [-0.2, 0) is 17.6 Å². The van der Waals surface area contributed by atoms with Gasteiger partial charge in [0.25, 0.3) is 0 Å². The molecule has 20 heavy (non-hydrogen) atoms. The molecule has 1 aliphatic heterocycles. The molecule has 2 atom stereocenters. The molecule has 1 fully saturated rings. The van der Waals surface area contributed by atoms with Crippen LogP contribution in [0.1, 0.15) is 43.7 Å². The molecule has 0 aromatic heterocycles. The number of aryl methyl sites for hydroxylation is 1. The van der Waals surface area contributed by atoms with Gasteiger partial charge in [-0.3, -0.25) is 4.90 Å². The summed E-state index contributed by atoms with van der Waals surface area (Å²) in [7, 11) is 0. The zero-order valence-electron chi connectivity index (χ0n) is 12.7. The highest BCUT2D eigenvalue weighted by molar-refractivity contribution is 5.30. The average molecular weight is 273 g/mol. The van der Waals surface area contributed by atoms with Crippen LogP contribution >= 0.6 is 0 Å². The molecular weight excluding hydrogens is 246 g/mol. The molecule has 1 aromatic carbocycles. The maximum Gasteiger partial charge on any atom is 0.0702 e. The predicted molar refractivity (Wildman–Crippen MR) is 83.1 cm³/mol. The van der Waals surface area contributed by atoms with Crippen LogP contribution in [0.15, 0.2) is 24.3 Å². The Bertz CT molecular complexity index is 431. The number of nitrogens with zero attached hydrogens (tertiary/aromatic N) is 1. The fourth-order valence-corrected chi connectivity index (χ4v) is 3.71. The smallest absolute Gasteiger partial charge is 0.0702 e. The van der Waals surface area contributed by atoms with Crippen molar-refractivity contribution in [1.82, 2.24) is 4.90 Å². The van der Waals surface area contributed by atoms with Gasteiger partial charge in [0.05, 0.1) is 6.10 Å². The van der Waals surface area contributed by atoms with Gasteiger partial charge in [-0.2, -0.15) is 0 Å². The van der Waals surface area contributed by atoms with Gasteiger partial charge in [0, 0.05) is 19.2 Å². The van der Waals surface area contributed by atoms with E-state index in [1.807, 2.05) is 0 Å². The number of piperidine rings is 1. The summed E-state index contributed by atoms with van der Waals surface area (Å²) in [5, 5.41) is 0. The van der Waals surface area contributed by atoms with Crippen molar-refractivity contribution in [2.45, 2.75) is 57.6 Å². The van der Waals surface area contributed by atoms with Gasteiger partial charge in [0.1, 0.15) is 0 Å². The van der Waals surface area contributed by atoms with E-state index in [1.54, 1.807) is 11.1 Å². The lowest BCUT2D eigenvalue weighted by atomic mass is 9.86. The number of fused-ring (bicyclic) bond motifs is 1. The number of rotatable bonds is 4. The van der Waals surface area contributed by atoms with Crippen molar-refractivity contribution in [1.29, 1.82) is 0 Å². The monoisotopic (exact) mass is 273 g/mol. The number of ether oxygens (including phenoxy) is 1. The Hall–Kier alpha value is -0.860. The van der Waals surface area contributed by atoms with E-state index < -0.39 is 0 Å². The molecule has 110 valence electrons. The van der Waals surface area contributed by atoms with E-state index in [1.165, 1.54) is 38.6 Å². The van der Waals surface area contributed by atoms with Crippen molar-refractivity contribution >= 4 is 0 Å². The third kappa shape index (κ3) is 3.24. The fourth-order valence-electron chi connectivity index (χ4n) is 3.71. The summed E-state index contributed by atoms with van der Waals surface area (Å²) in [5.74, 6) is 0. The molecule has 2 heteroatoms. The molecule has 1 saturated heterocycles. The number of hydrogen-bond donors (Lipinski definition) is 0. The summed E-state index contributed by atoms with van der Waals surface area (Å²) in [4.78, 5) is 2.69. The maximum atomic E-state index is 5.98. The first-order chi connectivity index (χ1) is 9.86. The Labute approximate surface area is 123 Å². The molecule has 0 spiro atoms. The van der Waals surface area contributed by atoms with Gasteiger partial charge >= 0.3 is 0 Å². The molecule has 0 amide bonds. The maximum absolute atomic E-state index is 5.98. The van der Waals surface area contributed by atoms with Crippen molar-refractivity contribution in [2.75, 3.05) is 19.7 Å². The average Bonchev–Trinajstić information content (AvgIpc) is 2.53. The van der Waals surface area contributed by atoms with Crippen LogP contribution in [0.4, 0.5) is 0 Å². The van der Waals surface area contributed by atoms with Crippen molar-refractivity contribution in [3.05, 3.63) is 35.4 Å². The molecule has 0 radical (unpaired) electrons. The molecule has 0 saturated carbocycles. The van der Waals surface area contributed by atoms with Gasteiger partial charge in [-0.1, -0.05) is 31.2 Å². The first kappa shape index (κ1) is 14.1. The molecule has 0 bridgehead atoms. The minimum absolute atomic E-state index is 0.473. The minimum atomic E-state index is 0.473. The highest BCUT2D eigenvalue weighted by atomic mass is 16.5. The first-order valence-corrected chi connectivity index (χ1v) is 8.29. The fraction of sp³-hybridized carbons (Fsp3) is 0.667. The second-order valence-corrected chi connectivity index (χ2v) is 6.30. The van der Waals surface area contributed by atoms with Crippen LogP contribution in [0.3, 0.4) is 0 Å². The highest BCUT2D eigenvalue weighted by Crippen LogP contribution is 2.27. The Morgan fingerprint density at radius 1 is 1.20 bits per heavy atom. The Kier molecular flexibility index (Phi) is 4.74. The predicted octanol–water partition coefficient (Wildman–Crippen LogP) is 3.43. The van der Waals surface area contributed by atoms with Gasteiger partial charge in [0.15, 0.2) is 0 Å². The molecule has 3 rings (SSSR count). The largest absolute Gasteiger partial charge is 0.377 e. The Balaban J connectivity index is 1.59. The van der Waals surface area contributed by atoms with Gasteiger partial charge < -0.3 is 4.74 Å². The zero-order chi connectivity index (χ0) is 13.8. The highest BCUT2D eigenvalue weighted by Gasteiger charge is 2.28. The first-order valence-electron chi connectivity index (χ1n) is 8.29. The molecule has 1 aromatic rings. The second-order valence-electron chi connectivity index (χ2n) is 6.30. The third-order valence-corrected chi connectivity index (χ3v) is 4.80. The third-order valence-electron chi connectivity index (χ3n) is 4.80. The van der Waals surface area contributed by atoms with Crippen molar-refractivity contribution in [3.8, 4) is 0 Å². The van der Waals surface area contributed by atoms with Gasteiger partial charge in [-0.25, -0.2) is 0 Å². The number of hydrogen-bond acceptors (Lipinski definition) is 2. The van der Waals surface area contributed by atoms with Crippen LogP contribution in [0, 0.1) is 0 Å². The standard InChI is InChI=1S/C18H27NO/c1-2-12-20-18-8-5-11-19(14-18)17-10-9-15-6-3-4-7-16(15)13-17/h3-4,6-7,17-18H,2,5,8-14H2,1H3/t17-,18+/m1/s1. The normalized spacial score (nSPS) is 27.2. The molecule has 2 nitrogen and oxygen atoms in total. The molecular formula is C18H27NO. The van der Waals surface area contributed by atoms with E-state index in [0.29, 0.717) is 6.10 Å². The van der Waals surface area contributed by atoms with Gasteiger partial charge in [-0.15, -0.1) is 0 Å². The van der Waals surface area contributed by atoms with E-state index in [2.05, 4.69) is 36.1 Å². The van der Waals surface area contributed by atoms with E-state index >= 15 is 0 Å². The molecule has 0 unspecified atom stereocenters. The SMILES string of the molecule is CCCO[C@H]1CCCN([C@@H]2CCc3ccccc3C2)C1. The lowest BCUT2D eigenvalue weighted by Crippen LogP contribution is -2.47. The topological polar surface area (TPSA) is 12.5 Å². The van der Waals surface area contributed by atoms with E-state index in [0.717, 1.165) is 25.6 Å². The van der Waals surface area contributed by atoms with E-state index in [9.17, 15) is 0 Å². The Morgan fingerprint density at radius 3 is 2.90 bits per heavy atom. The lowest BCUT2D eigenvalue weighted by molar-refractivity contribution is -0.0142. The summed E-state index contributed by atoms with van der Waals surface area (Å²) in [6, 6.07) is 9.71. The Morgan fingerprint density at radius 2 is 2.05 bits per heavy atom. The molecule has 0 N–H and O–H groups in total.